The molecule has 1 aliphatic heterocycles. The first-order valence-electron chi connectivity index (χ1n) is 9.22. The number of rotatable bonds is 4. The maximum Gasteiger partial charge on any atom is 0.346 e. The van der Waals surface area contributed by atoms with Crippen LogP contribution in [0.2, 0.25) is 0 Å². The minimum absolute atomic E-state index is 0.0153. The van der Waals surface area contributed by atoms with E-state index >= 15 is 0 Å². The van der Waals surface area contributed by atoms with E-state index < -0.39 is 23.4 Å². The molecule has 4 rings (SSSR count). The lowest BCUT2D eigenvalue weighted by Crippen LogP contribution is -2.46. The summed E-state index contributed by atoms with van der Waals surface area (Å²) >= 11 is -1.49. The molecular formula is C19H21F2N5O2S. The van der Waals surface area contributed by atoms with Gasteiger partial charge in [-0.25, -0.2) is 13.8 Å². The molecule has 154 valence electrons. The van der Waals surface area contributed by atoms with Crippen LogP contribution in [0.4, 0.5) is 14.6 Å². The third-order valence-electron chi connectivity index (χ3n) is 4.69. The van der Waals surface area contributed by atoms with Crippen molar-refractivity contribution in [2.45, 2.75) is 37.6 Å². The van der Waals surface area contributed by atoms with Crippen molar-refractivity contribution in [1.82, 2.24) is 19.5 Å². The number of alkyl halides is 2. The van der Waals surface area contributed by atoms with Crippen molar-refractivity contribution in [1.29, 1.82) is 0 Å². The van der Waals surface area contributed by atoms with Crippen molar-refractivity contribution in [3.8, 4) is 5.82 Å². The van der Waals surface area contributed by atoms with E-state index in [9.17, 15) is 13.3 Å². The first-order valence-corrected chi connectivity index (χ1v) is 10.8. The number of fused-ring (bicyclic) bond motifs is 1. The van der Waals surface area contributed by atoms with Gasteiger partial charge in [0, 0.05) is 30.3 Å². The van der Waals surface area contributed by atoms with E-state index in [1.807, 2.05) is 18.7 Å². The second kappa shape index (κ2) is 7.85. The molecule has 0 bridgehead atoms. The van der Waals surface area contributed by atoms with Crippen molar-refractivity contribution in [2.24, 2.45) is 0 Å². The van der Waals surface area contributed by atoms with Crippen LogP contribution in [0.5, 0.6) is 0 Å². The van der Waals surface area contributed by atoms with Crippen LogP contribution in [-0.4, -0.2) is 55.6 Å². The fourth-order valence-corrected chi connectivity index (χ4v) is 4.05. The van der Waals surface area contributed by atoms with Gasteiger partial charge in [-0.15, -0.1) is 0 Å². The van der Waals surface area contributed by atoms with E-state index in [2.05, 4.69) is 15.0 Å². The van der Waals surface area contributed by atoms with Crippen LogP contribution in [0.3, 0.4) is 0 Å². The Bertz CT molecular complexity index is 1020. The number of imidazole rings is 1. The van der Waals surface area contributed by atoms with Crippen molar-refractivity contribution >= 4 is 28.0 Å². The number of nitrogens with zero attached hydrogens (tertiary/aromatic N) is 5. The number of hydrogen-bond donors (Lipinski definition) is 0. The van der Waals surface area contributed by atoms with Crippen LogP contribution in [-0.2, 0) is 15.9 Å². The molecule has 1 unspecified atom stereocenters. The van der Waals surface area contributed by atoms with Gasteiger partial charge in [0.2, 0.25) is 0 Å². The molecule has 0 amide bonds. The molecule has 0 radical (unpaired) electrons. The lowest BCUT2D eigenvalue weighted by molar-refractivity contribution is -0.00550. The van der Waals surface area contributed by atoms with Crippen molar-refractivity contribution in [3.63, 3.8) is 0 Å². The molecule has 3 heterocycles. The van der Waals surface area contributed by atoms with Crippen molar-refractivity contribution in [3.05, 3.63) is 36.2 Å². The Morgan fingerprint density at radius 3 is 2.41 bits per heavy atom. The summed E-state index contributed by atoms with van der Waals surface area (Å²) in [6.45, 7) is 5.09. The predicted octanol–water partition coefficient (Wildman–Crippen LogP) is 3.10. The summed E-state index contributed by atoms with van der Waals surface area (Å²) in [4.78, 5) is 14.8. The Morgan fingerprint density at radius 1 is 1.10 bits per heavy atom. The highest BCUT2D eigenvalue weighted by Gasteiger charge is 2.27. The van der Waals surface area contributed by atoms with Crippen LogP contribution < -0.4 is 4.90 Å². The molecule has 1 fully saturated rings. The minimum atomic E-state index is -2.79. The number of hydrogen-bond acceptors (Lipinski definition) is 6. The standard InChI is InChI=1S/C19H21F2N5O2S/c1-11-9-25(10-12(2)28-11)15-8-16(24-19(23-15)29(3)27)26-14-7-5-4-6-13(14)22-18(26)17(20)21/h4-8,11-12,17H,9-10H2,1-3H3/t11-,12+,29?. The topological polar surface area (TPSA) is 79.1 Å². The minimum Gasteiger partial charge on any atom is -0.609 e. The highest BCUT2D eigenvalue weighted by molar-refractivity contribution is 7.90. The van der Waals surface area contributed by atoms with Crippen molar-refractivity contribution in [2.75, 3.05) is 24.2 Å². The molecule has 29 heavy (non-hydrogen) atoms. The van der Waals surface area contributed by atoms with Gasteiger partial charge in [0.15, 0.2) is 5.82 Å². The van der Waals surface area contributed by atoms with Gasteiger partial charge >= 0.3 is 5.16 Å². The Labute approximate surface area is 169 Å². The molecule has 1 aromatic carbocycles. The first-order chi connectivity index (χ1) is 13.8. The lowest BCUT2D eigenvalue weighted by Gasteiger charge is -2.36. The number of para-hydroxylation sites is 2. The van der Waals surface area contributed by atoms with Crippen LogP contribution in [0.15, 0.2) is 35.5 Å². The highest BCUT2D eigenvalue weighted by Crippen LogP contribution is 2.29. The zero-order valence-electron chi connectivity index (χ0n) is 16.2. The quantitative estimate of drug-likeness (QED) is 0.476. The average Bonchev–Trinajstić information content (AvgIpc) is 3.07. The number of ether oxygens (including phenoxy) is 1. The molecule has 0 saturated carbocycles. The SMILES string of the molecule is C[C@@H]1CN(c2cc(-n3c(C(F)F)nc4ccccc43)nc([S+](C)[O-])n2)C[C@H](C)O1. The lowest BCUT2D eigenvalue weighted by atomic mass is 10.2. The number of halogens is 2. The molecule has 0 aliphatic carbocycles. The summed E-state index contributed by atoms with van der Waals surface area (Å²) in [5.74, 6) is 0.337. The van der Waals surface area contributed by atoms with Gasteiger partial charge < -0.3 is 14.2 Å². The number of anilines is 1. The predicted molar refractivity (Wildman–Crippen MR) is 106 cm³/mol. The number of benzene rings is 1. The Morgan fingerprint density at radius 2 is 1.76 bits per heavy atom. The summed E-state index contributed by atoms with van der Waals surface area (Å²) in [6, 6.07) is 8.51. The van der Waals surface area contributed by atoms with Gasteiger partial charge in [-0.2, -0.15) is 9.97 Å². The third kappa shape index (κ3) is 3.92. The molecule has 1 aliphatic rings. The highest BCUT2D eigenvalue weighted by atomic mass is 32.2. The van der Waals surface area contributed by atoms with Crippen LogP contribution in [0.25, 0.3) is 16.9 Å². The fourth-order valence-electron chi connectivity index (χ4n) is 3.60. The molecule has 3 atom stereocenters. The summed E-state index contributed by atoms with van der Waals surface area (Å²) in [6.07, 6.45) is -1.36. The average molecular weight is 421 g/mol. The molecule has 10 heteroatoms. The summed E-state index contributed by atoms with van der Waals surface area (Å²) in [5, 5.41) is 0.0855. The summed E-state index contributed by atoms with van der Waals surface area (Å²) < 4.78 is 46.8. The van der Waals surface area contributed by atoms with E-state index in [0.29, 0.717) is 29.9 Å². The molecule has 0 N–H and O–H groups in total. The van der Waals surface area contributed by atoms with E-state index in [-0.39, 0.29) is 23.2 Å². The van der Waals surface area contributed by atoms with Crippen molar-refractivity contribution < 1.29 is 18.1 Å². The molecule has 3 aromatic rings. The second-order valence-electron chi connectivity index (χ2n) is 7.08. The van der Waals surface area contributed by atoms with E-state index in [1.54, 1.807) is 30.3 Å². The maximum absolute atomic E-state index is 13.8. The van der Waals surface area contributed by atoms with Gasteiger partial charge in [-0.1, -0.05) is 12.1 Å². The van der Waals surface area contributed by atoms with E-state index in [4.69, 9.17) is 4.74 Å². The van der Waals surface area contributed by atoms with Gasteiger partial charge in [-0.05, 0) is 26.0 Å². The van der Waals surface area contributed by atoms with Crippen LogP contribution >= 0.6 is 0 Å². The third-order valence-corrected chi connectivity index (χ3v) is 5.39. The van der Waals surface area contributed by atoms with E-state index in [1.165, 1.54) is 10.8 Å². The van der Waals surface area contributed by atoms with Crippen LogP contribution in [0, 0.1) is 0 Å². The van der Waals surface area contributed by atoms with E-state index in [0.717, 1.165) is 0 Å². The van der Waals surface area contributed by atoms with Gasteiger partial charge in [0.1, 0.15) is 17.9 Å². The zero-order valence-corrected chi connectivity index (χ0v) is 17.1. The monoisotopic (exact) mass is 421 g/mol. The van der Waals surface area contributed by atoms with Gasteiger partial charge in [-0.3, -0.25) is 4.57 Å². The Kier molecular flexibility index (Phi) is 5.41. The largest absolute Gasteiger partial charge is 0.609 e. The number of aromatic nitrogens is 4. The van der Waals surface area contributed by atoms with Gasteiger partial charge in [0.05, 0.1) is 23.2 Å². The summed E-state index contributed by atoms with van der Waals surface area (Å²) in [7, 11) is 0. The first kappa shape index (κ1) is 20.0. The molecule has 1 saturated heterocycles. The smallest absolute Gasteiger partial charge is 0.346 e. The Hall–Kier alpha value is -2.30. The molecular weight excluding hydrogens is 400 g/mol. The zero-order chi connectivity index (χ0) is 20.7. The summed E-state index contributed by atoms with van der Waals surface area (Å²) in [5.41, 5.74) is 0.944. The second-order valence-corrected chi connectivity index (χ2v) is 8.35. The Balaban J connectivity index is 1.90. The van der Waals surface area contributed by atoms with Crippen LogP contribution in [0.1, 0.15) is 26.1 Å². The molecule has 0 spiro atoms. The molecule has 7 nitrogen and oxygen atoms in total. The van der Waals surface area contributed by atoms with Gasteiger partial charge in [0.25, 0.3) is 6.43 Å². The normalized spacial score (nSPS) is 21.1. The maximum atomic E-state index is 13.8. The molecule has 2 aromatic heterocycles. The fraction of sp³-hybridized carbons (Fsp3) is 0.421. The number of morpholine rings is 1.